The van der Waals surface area contributed by atoms with Crippen LogP contribution < -0.4 is 10.2 Å². The molecule has 1 aliphatic rings. The van der Waals surface area contributed by atoms with E-state index in [0.29, 0.717) is 18.6 Å². The third-order valence-electron chi connectivity index (χ3n) is 6.05. The standard InChI is InChI=1S/C27H35N3O3/c1-5-6-16-23(31)21(17-18(2)3)26(32)29-25-27(33)30(4)22-15-11-10-14-20(22)24(28-25)19-12-8-7-9-13-19/h7-15,18,21,23,25,31H,5-6,16-17H2,1-4H3,(H,29,32)/t21?,23?,25-/m1/s1. The number of hydrogen-bond acceptors (Lipinski definition) is 4. The van der Waals surface area contributed by atoms with Gasteiger partial charge in [0.25, 0.3) is 5.91 Å². The summed E-state index contributed by atoms with van der Waals surface area (Å²) in [5.74, 6) is -0.998. The third-order valence-corrected chi connectivity index (χ3v) is 6.05. The minimum Gasteiger partial charge on any atom is -0.392 e. The number of anilines is 1. The van der Waals surface area contributed by atoms with Crippen molar-refractivity contribution in [3.8, 4) is 0 Å². The number of benzodiazepines with no additional fused rings is 1. The van der Waals surface area contributed by atoms with Crippen molar-refractivity contribution in [1.29, 1.82) is 0 Å². The van der Waals surface area contributed by atoms with Crippen LogP contribution in [0.1, 0.15) is 57.6 Å². The Hall–Kier alpha value is -2.99. The zero-order chi connectivity index (χ0) is 24.0. The summed E-state index contributed by atoms with van der Waals surface area (Å²) >= 11 is 0. The average Bonchev–Trinajstić information content (AvgIpc) is 2.92. The van der Waals surface area contributed by atoms with Crippen molar-refractivity contribution in [2.75, 3.05) is 11.9 Å². The smallest absolute Gasteiger partial charge is 0.272 e. The number of hydrogen-bond donors (Lipinski definition) is 2. The summed E-state index contributed by atoms with van der Waals surface area (Å²) in [4.78, 5) is 33.0. The number of para-hydroxylation sites is 1. The van der Waals surface area contributed by atoms with Crippen LogP contribution in [0.25, 0.3) is 0 Å². The van der Waals surface area contributed by atoms with Crippen LogP contribution >= 0.6 is 0 Å². The lowest BCUT2D eigenvalue weighted by Gasteiger charge is -2.26. The number of aliphatic hydroxyl groups excluding tert-OH is 1. The minimum atomic E-state index is -1.07. The summed E-state index contributed by atoms with van der Waals surface area (Å²) in [6, 6.07) is 17.3. The molecule has 6 heteroatoms. The van der Waals surface area contributed by atoms with Crippen LogP contribution in [0.2, 0.25) is 0 Å². The highest BCUT2D eigenvalue weighted by Crippen LogP contribution is 2.27. The molecule has 0 bridgehead atoms. The topological polar surface area (TPSA) is 82.0 Å². The number of likely N-dealkylation sites (N-methyl/N-ethyl adjacent to an activating group) is 1. The van der Waals surface area contributed by atoms with Gasteiger partial charge in [-0.25, -0.2) is 4.99 Å². The SMILES string of the molecule is CCCCC(O)C(CC(C)C)C(=O)N[C@H]1N=C(c2ccccc2)c2ccccc2N(C)C1=O. The molecule has 33 heavy (non-hydrogen) atoms. The van der Waals surface area contributed by atoms with Crippen LogP contribution in [0.5, 0.6) is 0 Å². The highest BCUT2D eigenvalue weighted by molar-refractivity contribution is 6.20. The van der Waals surface area contributed by atoms with Gasteiger partial charge < -0.3 is 15.3 Å². The van der Waals surface area contributed by atoms with E-state index in [1.54, 1.807) is 11.9 Å². The molecule has 3 atom stereocenters. The number of benzene rings is 2. The van der Waals surface area contributed by atoms with E-state index in [-0.39, 0.29) is 17.7 Å². The number of aliphatic hydroxyl groups is 1. The fourth-order valence-corrected chi connectivity index (χ4v) is 4.25. The molecule has 0 saturated carbocycles. The number of fused-ring (bicyclic) bond motifs is 1. The van der Waals surface area contributed by atoms with Crippen molar-refractivity contribution < 1.29 is 14.7 Å². The Labute approximate surface area is 196 Å². The zero-order valence-corrected chi connectivity index (χ0v) is 20.0. The van der Waals surface area contributed by atoms with Crippen molar-refractivity contribution in [3.63, 3.8) is 0 Å². The predicted molar refractivity (Wildman–Crippen MR) is 132 cm³/mol. The van der Waals surface area contributed by atoms with E-state index >= 15 is 0 Å². The maximum absolute atomic E-state index is 13.3. The summed E-state index contributed by atoms with van der Waals surface area (Å²) in [5, 5.41) is 13.6. The summed E-state index contributed by atoms with van der Waals surface area (Å²) in [6.45, 7) is 6.11. The lowest BCUT2D eigenvalue weighted by molar-refractivity contribution is -0.133. The number of carbonyl (C=O) groups excluding carboxylic acids is 2. The first kappa shape index (κ1) is 24.6. The van der Waals surface area contributed by atoms with Crippen molar-refractivity contribution >= 4 is 23.2 Å². The van der Waals surface area contributed by atoms with Gasteiger partial charge in [-0.3, -0.25) is 9.59 Å². The van der Waals surface area contributed by atoms with Crippen LogP contribution in [0.15, 0.2) is 59.6 Å². The molecular formula is C27H35N3O3. The Bertz CT molecular complexity index is 987. The molecule has 0 fully saturated rings. The maximum Gasteiger partial charge on any atom is 0.272 e. The maximum atomic E-state index is 13.3. The Morgan fingerprint density at radius 1 is 1.12 bits per heavy atom. The number of carbonyl (C=O) groups is 2. The summed E-state index contributed by atoms with van der Waals surface area (Å²) in [7, 11) is 1.70. The molecule has 2 N–H and O–H groups in total. The van der Waals surface area contributed by atoms with E-state index in [1.807, 2.05) is 68.4 Å². The van der Waals surface area contributed by atoms with Crippen LogP contribution in [-0.4, -0.2) is 41.9 Å². The van der Waals surface area contributed by atoms with Gasteiger partial charge in [0.1, 0.15) is 0 Å². The van der Waals surface area contributed by atoms with Crippen molar-refractivity contribution in [3.05, 3.63) is 65.7 Å². The molecule has 2 amide bonds. The van der Waals surface area contributed by atoms with Gasteiger partial charge in [0.15, 0.2) is 0 Å². The summed E-state index contributed by atoms with van der Waals surface area (Å²) in [5.41, 5.74) is 3.09. The lowest BCUT2D eigenvalue weighted by atomic mass is 9.88. The van der Waals surface area contributed by atoms with Crippen LogP contribution in [0, 0.1) is 11.8 Å². The number of unbranched alkanes of at least 4 members (excludes halogenated alkanes) is 1. The second-order valence-electron chi connectivity index (χ2n) is 9.11. The van der Waals surface area contributed by atoms with Gasteiger partial charge in [0.2, 0.25) is 12.1 Å². The molecule has 2 aromatic carbocycles. The zero-order valence-electron chi connectivity index (χ0n) is 20.0. The van der Waals surface area contributed by atoms with Crippen LogP contribution in [-0.2, 0) is 9.59 Å². The first-order valence-corrected chi connectivity index (χ1v) is 11.8. The number of rotatable bonds is 9. The second-order valence-corrected chi connectivity index (χ2v) is 9.11. The van der Waals surface area contributed by atoms with E-state index < -0.39 is 18.2 Å². The van der Waals surface area contributed by atoms with Crippen molar-refractivity contribution in [1.82, 2.24) is 5.32 Å². The normalized spacial score (nSPS) is 17.8. The van der Waals surface area contributed by atoms with Gasteiger partial charge in [0, 0.05) is 18.2 Å². The fraction of sp³-hybridized carbons (Fsp3) is 0.444. The second kappa shape index (κ2) is 11.2. The van der Waals surface area contributed by atoms with Gasteiger partial charge in [-0.2, -0.15) is 0 Å². The highest BCUT2D eigenvalue weighted by Gasteiger charge is 2.34. The molecule has 0 saturated heterocycles. The Balaban J connectivity index is 1.97. The van der Waals surface area contributed by atoms with Gasteiger partial charge in [-0.15, -0.1) is 0 Å². The monoisotopic (exact) mass is 449 g/mol. The van der Waals surface area contributed by atoms with Crippen molar-refractivity contribution in [2.24, 2.45) is 16.8 Å². The molecule has 0 aromatic heterocycles. The first-order valence-electron chi connectivity index (χ1n) is 11.8. The van der Waals surface area contributed by atoms with E-state index in [0.717, 1.165) is 29.7 Å². The highest BCUT2D eigenvalue weighted by atomic mass is 16.3. The van der Waals surface area contributed by atoms with E-state index in [1.165, 1.54) is 0 Å². The Kier molecular flexibility index (Phi) is 8.39. The molecule has 6 nitrogen and oxygen atoms in total. The Morgan fingerprint density at radius 2 is 1.79 bits per heavy atom. The number of nitrogens with one attached hydrogen (secondary N) is 1. The first-order chi connectivity index (χ1) is 15.8. The molecule has 0 radical (unpaired) electrons. The molecule has 0 spiro atoms. The van der Waals surface area contributed by atoms with E-state index in [9.17, 15) is 14.7 Å². The quantitative estimate of drug-likeness (QED) is 0.603. The van der Waals surface area contributed by atoms with Crippen molar-refractivity contribution in [2.45, 2.75) is 58.7 Å². The minimum absolute atomic E-state index is 0.233. The summed E-state index contributed by atoms with van der Waals surface area (Å²) in [6.07, 6.45) is 1.08. The van der Waals surface area contributed by atoms with Crippen LogP contribution in [0.3, 0.4) is 0 Å². The fourth-order valence-electron chi connectivity index (χ4n) is 4.25. The molecule has 1 aliphatic heterocycles. The number of aliphatic imine (C=N–C) groups is 1. The third kappa shape index (κ3) is 5.88. The predicted octanol–water partition coefficient (Wildman–Crippen LogP) is 4.16. The molecule has 0 aliphatic carbocycles. The van der Waals surface area contributed by atoms with E-state index in [4.69, 9.17) is 4.99 Å². The largest absolute Gasteiger partial charge is 0.392 e. The van der Waals surface area contributed by atoms with E-state index in [2.05, 4.69) is 12.2 Å². The molecule has 1 heterocycles. The number of amides is 2. The Morgan fingerprint density at radius 3 is 2.45 bits per heavy atom. The molecule has 2 aromatic rings. The van der Waals surface area contributed by atoms with Crippen LogP contribution in [0.4, 0.5) is 5.69 Å². The molecule has 3 rings (SSSR count). The summed E-state index contributed by atoms with van der Waals surface area (Å²) < 4.78 is 0. The molecular weight excluding hydrogens is 414 g/mol. The molecule has 2 unspecified atom stereocenters. The average molecular weight is 450 g/mol. The van der Waals surface area contributed by atoms with Gasteiger partial charge >= 0.3 is 0 Å². The van der Waals surface area contributed by atoms with Gasteiger partial charge in [0.05, 0.1) is 23.4 Å². The molecule has 176 valence electrons. The van der Waals surface area contributed by atoms with Gasteiger partial charge in [-0.1, -0.05) is 82.1 Å². The lowest BCUT2D eigenvalue weighted by Crippen LogP contribution is -2.49. The number of nitrogens with zero attached hydrogens (tertiary/aromatic N) is 2. The van der Waals surface area contributed by atoms with Gasteiger partial charge in [-0.05, 0) is 24.8 Å².